The van der Waals surface area contributed by atoms with Crippen molar-refractivity contribution in [3.05, 3.63) is 39.1 Å². The highest BCUT2D eigenvalue weighted by Crippen LogP contribution is 2.36. The number of carbonyl (C=O) groups excluding carboxylic acids is 2. The second kappa shape index (κ2) is 5.20. The fraction of sp³-hybridized carbons (Fsp3) is 0.231. The molecule has 2 rings (SSSR count). The van der Waals surface area contributed by atoms with E-state index in [9.17, 15) is 9.59 Å². The second-order valence-electron chi connectivity index (χ2n) is 3.74. The van der Waals surface area contributed by atoms with Crippen LogP contribution in [0.5, 0.6) is 0 Å². The summed E-state index contributed by atoms with van der Waals surface area (Å²) in [6.07, 6.45) is 3.65. The molecular weight excluding hydrogens is 266 g/mol. The SMILES string of the molecule is CNc1ccc2c(c1)C(=O)C(SC)=C(SC)C2=O. The zero-order valence-corrected chi connectivity index (χ0v) is 12.0. The summed E-state index contributed by atoms with van der Waals surface area (Å²) in [6, 6.07) is 5.27. The summed E-state index contributed by atoms with van der Waals surface area (Å²) in [5.74, 6) is -0.109. The van der Waals surface area contributed by atoms with Gasteiger partial charge < -0.3 is 5.32 Å². The first-order valence-electron chi connectivity index (χ1n) is 5.37. The normalized spacial score (nSPS) is 14.8. The summed E-state index contributed by atoms with van der Waals surface area (Å²) in [4.78, 5) is 25.8. The Bertz CT molecular complexity index is 564. The first-order valence-corrected chi connectivity index (χ1v) is 7.82. The van der Waals surface area contributed by atoms with Gasteiger partial charge in [0.2, 0.25) is 11.6 Å². The Labute approximate surface area is 114 Å². The Morgan fingerprint density at radius 1 is 0.944 bits per heavy atom. The lowest BCUT2D eigenvalue weighted by atomic mass is 9.94. The molecule has 0 unspecified atom stereocenters. The van der Waals surface area contributed by atoms with Crippen LogP contribution < -0.4 is 5.32 Å². The van der Waals surface area contributed by atoms with E-state index in [1.165, 1.54) is 23.5 Å². The van der Waals surface area contributed by atoms with Crippen LogP contribution in [-0.2, 0) is 0 Å². The number of fused-ring (bicyclic) bond motifs is 1. The molecule has 1 aliphatic rings. The summed E-state index contributed by atoms with van der Waals surface area (Å²) < 4.78 is 0. The van der Waals surface area contributed by atoms with Gasteiger partial charge in [0.05, 0.1) is 9.81 Å². The number of anilines is 1. The summed E-state index contributed by atoms with van der Waals surface area (Å²) in [7, 11) is 1.79. The molecule has 0 fully saturated rings. The zero-order chi connectivity index (χ0) is 13.3. The fourth-order valence-corrected chi connectivity index (χ4v) is 3.55. The predicted molar refractivity (Wildman–Crippen MR) is 78.7 cm³/mol. The van der Waals surface area contributed by atoms with Crippen molar-refractivity contribution < 1.29 is 9.59 Å². The molecule has 0 spiro atoms. The summed E-state index contributed by atoms with van der Waals surface area (Å²) in [5.41, 5.74) is 1.83. The molecule has 0 saturated carbocycles. The Balaban J connectivity index is 2.64. The topological polar surface area (TPSA) is 46.2 Å². The number of hydrogen-bond acceptors (Lipinski definition) is 5. The van der Waals surface area contributed by atoms with Gasteiger partial charge in [-0.15, -0.1) is 23.5 Å². The number of nitrogens with one attached hydrogen (secondary N) is 1. The van der Waals surface area contributed by atoms with Crippen molar-refractivity contribution in [1.29, 1.82) is 0 Å². The highest BCUT2D eigenvalue weighted by Gasteiger charge is 2.31. The first kappa shape index (κ1) is 13.2. The van der Waals surface area contributed by atoms with Crippen LogP contribution >= 0.6 is 23.5 Å². The fourth-order valence-electron chi connectivity index (χ4n) is 1.91. The van der Waals surface area contributed by atoms with Crippen LogP contribution in [0.4, 0.5) is 5.69 Å². The van der Waals surface area contributed by atoms with E-state index in [0.29, 0.717) is 20.9 Å². The second-order valence-corrected chi connectivity index (χ2v) is 5.37. The molecule has 0 radical (unpaired) electrons. The number of carbonyl (C=O) groups is 2. The van der Waals surface area contributed by atoms with Crippen LogP contribution in [0.2, 0.25) is 0 Å². The highest BCUT2D eigenvalue weighted by molar-refractivity contribution is 8.07. The molecule has 1 aromatic rings. The van der Waals surface area contributed by atoms with Gasteiger partial charge in [0.15, 0.2) is 0 Å². The Morgan fingerprint density at radius 2 is 1.50 bits per heavy atom. The third kappa shape index (κ3) is 1.97. The molecule has 1 aromatic carbocycles. The van der Waals surface area contributed by atoms with Crippen molar-refractivity contribution in [2.75, 3.05) is 24.9 Å². The summed E-state index contributed by atoms with van der Waals surface area (Å²) in [5, 5.41) is 2.98. The molecule has 0 heterocycles. The van der Waals surface area contributed by atoms with E-state index in [2.05, 4.69) is 5.32 Å². The van der Waals surface area contributed by atoms with Gasteiger partial charge in [-0.2, -0.15) is 0 Å². The number of rotatable bonds is 3. The molecule has 0 amide bonds. The lowest BCUT2D eigenvalue weighted by Gasteiger charge is -2.19. The monoisotopic (exact) mass is 279 g/mol. The predicted octanol–water partition coefficient (Wildman–Crippen LogP) is 3.04. The van der Waals surface area contributed by atoms with Crippen molar-refractivity contribution in [3.8, 4) is 0 Å². The Kier molecular flexibility index (Phi) is 3.82. The quantitative estimate of drug-likeness (QED) is 0.921. The molecule has 1 aliphatic carbocycles. The number of thioether (sulfide) groups is 2. The number of benzene rings is 1. The van der Waals surface area contributed by atoms with Crippen LogP contribution in [0.15, 0.2) is 28.0 Å². The van der Waals surface area contributed by atoms with Crippen LogP contribution in [0.25, 0.3) is 0 Å². The van der Waals surface area contributed by atoms with Crippen molar-refractivity contribution in [2.24, 2.45) is 0 Å². The maximum absolute atomic E-state index is 12.4. The average molecular weight is 279 g/mol. The van der Waals surface area contributed by atoms with Gasteiger partial charge >= 0.3 is 0 Å². The average Bonchev–Trinajstić information content (AvgIpc) is 2.41. The standard InChI is InChI=1S/C13H13NO2S2/c1-14-7-4-5-8-9(6-7)11(16)13(18-3)12(17-2)10(8)15/h4-6,14H,1-3H3. The molecule has 3 nitrogen and oxygen atoms in total. The molecule has 0 atom stereocenters. The van der Waals surface area contributed by atoms with E-state index in [0.717, 1.165) is 5.69 Å². The van der Waals surface area contributed by atoms with Crippen LogP contribution in [0, 0.1) is 0 Å². The van der Waals surface area contributed by atoms with E-state index in [4.69, 9.17) is 0 Å². The molecule has 5 heteroatoms. The maximum Gasteiger partial charge on any atom is 0.201 e. The number of allylic oxidation sites excluding steroid dienone is 2. The van der Waals surface area contributed by atoms with Crippen LogP contribution in [0.3, 0.4) is 0 Å². The minimum atomic E-state index is -0.0569. The Hall–Kier alpha value is -1.20. The lowest BCUT2D eigenvalue weighted by Crippen LogP contribution is -2.19. The van der Waals surface area contributed by atoms with Gasteiger partial charge in [-0.25, -0.2) is 0 Å². The number of ketones is 2. The van der Waals surface area contributed by atoms with Gasteiger partial charge in [-0.1, -0.05) is 0 Å². The lowest BCUT2D eigenvalue weighted by molar-refractivity contribution is 0.0988. The molecule has 0 bridgehead atoms. The van der Waals surface area contributed by atoms with E-state index in [1.807, 2.05) is 18.6 Å². The van der Waals surface area contributed by atoms with Crippen LogP contribution in [0.1, 0.15) is 20.7 Å². The van der Waals surface area contributed by atoms with Crippen molar-refractivity contribution in [3.63, 3.8) is 0 Å². The number of hydrogen-bond donors (Lipinski definition) is 1. The largest absolute Gasteiger partial charge is 0.388 e. The van der Waals surface area contributed by atoms with Crippen molar-refractivity contribution >= 4 is 40.8 Å². The first-order chi connectivity index (χ1) is 8.63. The smallest absolute Gasteiger partial charge is 0.201 e. The number of Topliss-reactive ketones (excluding diaryl/α,β-unsaturated/α-hetero) is 2. The third-order valence-corrected chi connectivity index (χ3v) is 4.55. The summed E-state index contributed by atoms with van der Waals surface area (Å²) >= 11 is 2.67. The van der Waals surface area contributed by atoms with Gasteiger partial charge in [0, 0.05) is 23.9 Å². The van der Waals surface area contributed by atoms with Gasteiger partial charge in [0.1, 0.15) is 0 Å². The molecule has 94 valence electrons. The van der Waals surface area contributed by atoms with Crippen LogP contribution in [-0.4, -0.2) is 31.1 Å². The van der Waals surface area contributed by atoms with Crippen molar-refractivity contribution in [1.82, 2.24) is 0 Å². The third-order valence-electron chi connectivity index (χ3n) is 2.82. The Morgan fingerprint density at radius 3 is 2.00 bits per heavy atom. The maximum atomic E-state index is 12.4. The highest BCUT2D eigenvalue weighted by atomic mass is 32.2. The van der Waals surface area contributed by atoms with E-state index in [1.54, 1.807) is 19.2 Å². The minimum Gasteiger partial charge on any atom is -0.388 e. The van der Waals surface area contributed by atoms with Gasteiger partial charge in [-0.05, 0) is 30.7 Å². The van der Waals surface area contributed by atoms with Gasteiger partial charge in [0.25, 0.3) is 0 Å². The molecule has 0 aromatic heterocycles. The van der Waals surface area contributed by atoms with E-state index < -0.39 is 0 Å². The minimum absolute atomic E-state index is 0.0518. The van der Waals surface area contributed by atoms with E-state index in [-0.39, 0.29) is 11.6 Å². The van der Waals surface area contributed by atoms with E-state index >= 15 is 0 Å². The molecule has 0 saturated heterocycles. The van der Waals surface area contributed by atoms with Crippen molar-refractivity contribution in [2.45, 2.75) is 0 Å². The molecular formula is C13H13NO2S2. The zero-order valence-electron chi connectivity index (χ0n) is 10.4. The summed E-state index contributed by atoms with van der Waals surface area (Å²) in [6.45, 7) is 0. The molecule has 0 aliphatic heterocycles. The molecule has 18 heavy (non-hydrogen) atoms. The molecule has 1 N–H and O–H groups in total. The van der Waals surface area contributed by atoms with Gasteiger partial charge in [-0.3, -0.25) is 9.59 Å².